The number of hydrogen-bond acceptors (Lipinski definition) is 4. The average molecular weight is 440 g/mol. The Bertz CT molecular complexity index is 1330. The fourth-order valence-electron chi connectivity index (χ4n) is 4.35. The number of nitrogens with zero attached hydrogens (tertiary/aromatic N) is 3. The van der Waals surface area contributed by atoms with Gasteiger partial charge in [0.1, 0.15) is 5.65 Å². The van der Waals surface area contributed by atoms with Crippen molar-refractivity contribution in [1.29, 1.82) is 0 Å². The first-order chi connectivity index (χ1) is 16.2. The maximum atomic E-state index is 13.6. The van der Waals surface area contributed by atoms with Crippen LogP contribution in [0.2, 0.25) is 0 Å². The van der Waals surface area contributed by atoms with Crippen molar-refractivity contribution in [3.63, 3.8) is 0 Å². The van der Waals surface area contributed by atoms with Gasteiger partial charge in [0.2, 0.25) is 0 Å². The highest BCUT2D eigenvalue weighted by Crippen LogP contribution is 2.33. The molecule has 1 aromatic carbocycles. The van der Waals surface area contributed by atoms with E-state index in [2.05, 4.69) is 27.2 Å². The van der Waals surface area contributed by atoms with Crippen LogP contribution < -0.4 is 10.2 Å². The van der Waals surface area contributed by atoms with Gasteiger partial charge in [-0.25, -0.2) is 9.78 Å². The number of aromatic amines is 1. The molecule has 2 amide bonds. The lowest BCUT2D eigenvalue weighted by Gasteiger charge is -2.18. The van der Waals surface area contributed by atoms with Crippen LogP contribution in [0.1, 0.15) is 41.3 Å². The number of benzene rings is 1. The van der Waals surface area contributed by atoms with Gasteiger partial charge < -0.3 is 10.3 Å². The highest BCUT2D eigenvalue weighted by atomic mass is 16.2. The lowest BCUT2D eigenvalue weighted by atomic mass is 9.96. The fraction of sp³-hybridized carbons (Fsp3) is 0.231. The minimum Gasteiger partial charge on any atom is -0.345 e. The van der Waals surface area contributed by atoms with Crippen LogP contribution in [0.3, 0.4) is 0 Å². The van der Waals surface area contributed by atoms with E-state index >= 15 is 0 Å². The zero-order valence-electron chi connectivity index (χ0n) is 18.5. The lowest BCUT2D eigenvalue weighted by molar-refractivity contribution is 0.103. The minimum atomic E-state index is -0.107. The minimum absolute atomic E-state index is 0.0727. The number of anilines is 1. The summed E-state index contributed by atoms with van der Waals surface area (Å²) >= 11 is 0. The molecular formula is C26H25N5O2. The van der Waals surface area contributed by atoms with Gasteiger partial charge in [-0.1, -0.05) is 31.5 Å². The summed E-state index contributed by atoms with van der Waals surface area (Å²) in [5.74, 6) is -0.0727. The maximum Gasteiger partial charge on any atom is 0.321 e. The Hall–Kier alpha value is -4.00. The number of carbonyl (C=O) groups is 2. The van der Waals surface area contributed by atoms with Gasteiger partial charge in [-0.15, -0.1) is 0 Å². The van der Waals surface area contributed by atoms with Crippen LogP contribution in [0.15, 0.2) is 61.2 Å². The summed E-state index contributed by atoms with van der Waals surface area (Å²) in [5, 5.41) is 3.74. The van der Waals surface area contributed by atoms with Gasteiger partial charge in [0.15, 0.2) is 5.78 Å². The zero-order chi connectivity index (χ0) is 22.8. The Balaban J connectivity index is 1.48. The number of hydrogen-bond donors (Lipinski definition) is 2. The van der Waals surface area contributed by atoms with Crippen molar-refractivity contribution >= 4 is 28.5 Å². The van der Waals surface area contributed by atoms with Crippen molar-refractivity contribution in [3.8, 4) is 11.1 Å². The van der Waals surface area contributed by atoms with Crippen molar-refractivity contribution in [1.82, 2.24) is 20.3 Å². The Kier molecular flexibility index (Phi) is 5.60. The molecule has 0 aliphatic carbocycles. The molecule has 7 heteroatoms. The number of rotatable bonds is 6. The van der Waals surface area contributed by atoms with Crippen LogP contribution in [0.4, 0.5) is 10.5 Å². The highest BCUT2D eigenvalue weighted by molar-refractivity contribution is 6.17. The van der Waals surface area contributed by atoms with Crippen molar-refractivity contribution in [2.24, 2.45) is 0 Å². The third-order valence-corrected chi connectivity index (χ3v) is 6.09. The van der Waals surface area contributed by atoms with Gasteiger partial charge in [-0.2, -0.15) is 0 Å². The van der Waals surface area contributed by atoms with E-state index in [9.17, 15) is 9.59 Å². The normalized spacial score (nSPS) is 12.7. The lowest BCUT2D eigenvalue weighted by Crippen LogP contribution is -2.39. The number of carbonyl (C=O) groups excluding carboxylic acids is 2. The summed E-state index contributed by atoms with van der Waals surface area (Å²) < 4.78 is 0. The number of pyridine rings is 2. The van der Waals surface area contributed by atoms with Crippen molar-refractivity contribution in [2.45, 2.75) is 26.2 Å². The topological polar surface area (TPSA) is 91.0 Å². The SMILES string of the molecule is CCCCNC(=O)N1CCc2c(C(=O)c3c[nH]c4ncc(-c5cccnc5)cc34)cccc21. The molecule has 3 aromatic heterocycles. The Morgan fingerprint density at radius 2 is 2.03 bits per heavy atom. The van der Waals surface area contributed by atoms with Gasteiger partial charge in [0.05, 0.1) is 0 Å². The molecule has 33 heavy (non-hydrogen) atoms. The first-order valence-corrected chi connectivity index (χ1v) is 11.3. The molecule has 2 N–H and O–H groups in total. The first kappa shape index (κ1) is 20.9. The van der Waals surface area contributed by atoms with Gasteiger partial charge in [-0.3, -0.25) is 14.7 Å². The molecular weight excluding hydrogens is 414 g/mol. The summed E-state index contributed by atoms with van der Waals surface area (Å²) in [4.78, 5) is 39.8. The van der Waals surface area contributed by atoms with E-state index in [-0.39, 0.29) is 11.8 Å². The van der Waals surface area contributed by atoms with Gasteiger partial charge >= 0.3 is 6.03 Å². The van der Waals surface area contributed by atoms with E-state index in [1.54, 1.807) is 29.7 Å². The molecule has 0 fully saturated rings. The Labute approximate surface area is 191 Å². The third-order valence-electron chi connectivity index (χ3n) is 6.09. The van der Waals surface area contributed by atoms with E-state index in [0.29, 0.717) is 36.3 Å². The van der Waals surface area contributed by atoms with Crippen molar-refractivity contribution in [2.75, 3.05) is 18.0 Å². The number of fused-ring (bicyclic) bond motifs is 2. The zero-order valence-corrected chi connectivity index (χ0v) is 18.5. The second kappa shape index (κ2) is 8.86. The number of ketones is 1. The Morgan fingerprint density at radius 1 is 1.12 bits per heavy atom. The predicted octanol–water partition coefficient (Wildman–Crippen LogP) is 4.73. The molecule has 1 aliphatic heterocycles. The van der Waals surface area contributed by atoms with E-state index in [1.165, 1.54) is 0 Å². The second-order valence-electron chi connectivity index (χ2n) is 8.18. The van der Waals surface area contributed by atoms with E-state index in [4.69, 9.17) is 0 Å². The second-order valence-corrected chi connectivity index (χ2v) is 8.18. The summed E-state index contributed by atoms with van der Waals surface area (Å²) in [6, 6.07) is 11.3. The van der Waals surface area contributed by atoms with Crippen molar-refractivity contribution < 1.29 is 9.59 Å². The van der Waals surface area contributed by atoms with Crippen LogP contribution in [0, 0.1) is 0 Å². The molecule has 0 spiro atoms. The van der Waals surface area contributed by atoms with Crippen LogP contribution in [0.5, 0.6) is 0 Å². The smallest absolute Gasteiger partial charge is 0.321 e. The van der Waals surface area contributed by atoms with E-state index < -0.39 is 0 Å². The number of urea groups is 1. The molecule has 4 heterocycles. The molecule has 7 nitrogen and oxygen atoms in total. The van der Waals surface area contributed by atoms with Gasteiger partial charge in [0.25, 0.3) is 0 Å². The molecule has 0 atom stereocenters. The molecule has 0 unspecified atom stereocenters. The Morgan fingerprint density at radius 3 is 2.85 bits per heavy atom. The molecule has 5 rings (SSSR count). The van der Waals surface area contributed by atoms with Crippen LogP contribution in [0.25, 0.3) is 22.2 Å². The molecule has 4 aromatic rings. The number of aromatic nitrogens is 3. The standard InChI is InChI=1S/C26H25N5O2/c1-2-3-11-28-26(33)31-12-9-19-20(7-4-8-23(19)31)24(32)22-16-30-25-21(22)13-18(15-29-25)17-6-5-10-27-14-17/h4-8,10,13-16H,2-3,9,11-12H2,1H3,(H,28,33)(H,29,30). The molecule has 0 saturated carbocycles. The summed E-state index contributed by atoms with van der Waals surface area (Å²) in [6.45, 7) is 3.31. The number of unbranched alkanes of at least 4 members (excludes halogenated alkanes) is 1. The van der Waals surface area contributed by atoms with Gasteiger partial charge in [0, 0.05) is 71.2 Å². The highest BCUT2D eigenvalue weighted by Gasteiger charge is 2.29. The maximum absolute atomic E-state index is 13.6. The van der Waals surface area contributed by atoms with E-state index in [1.807, 2.05) is 36.4 Å². The largest absolute Gasteiger partial charge is 0.345 e. The predicted molar refractivity (Wildman–Crippen MR) is 129 cm³/mol. The first-order valence-electron chi connectivity index (χ1n) is 11.3. The molecule has 0 radical (unpaired) electrons. The monoisotopic (exact) mass is 439 g/mol. The van der Waals surface area contributed by atoms with Crippen LogP contribution >= 0.6 is 0 Å². The van der Waals surface area contributed by atoms with E-state index in [0.717, 1.165) is 40.6 Å². The fourth-order valence-corrected chi connectivity index (χ4v) is 4.35. The number of amides is 2. The van der Waals surface area contributed by atoms with Crippen LogP contribution in [-0.4, -0.2) is 39.9 Å². The third kappa shape index (κ3) is 3.86. The quantitative estimate of drug-likeness (QED) is 0.336. The number of nitrogens with one attached hydrogen (secondary N) is 2. The number of H-pyrrole nitrogens is 1. The molecule has 0 bridgehead atoms. The van der Waals surface area contributed by atoms with Crippen molar-refractivity contribution in [3.05, 3.63) is 77.9 Å². The molecule has 1 aliphatic rings. The summed E-state index contributed by atoms with van der Waals surface area (Å²) in [6.07, 6.45) is 9.62. The molecule has 0 saturated heterocycles. The summed E-state index contributed by atoms with van der Waals surface area (Å²) in [5.41, 5.74) is 5.43. The van der Waals surface area contributed by atoms with Gasteiger partial charge in [-0.05, 0) is 36.6 Å². The average Bonchev–Trinajstić information content (AvgIpc) is 3.48. The summed E-state index contributed by atoms with van der Waals surface area (Å²) in [7, 11) is 0. The van der Waals surface area contributed by atoms with Crippen LogP contribution in [-0.2, 0) is 6.42 Å². The molecule has 166 valence electrons.